The lowest BCUT2D eigenvalue weighted by Gasteiger charge is -2.34. The van der Waals surface area contributed by atoms with Gasteiger partial charge in [0, 0.05) is 37.2 Å². The molecular weight excluding hydrogens is 543 g/mol. The molecule has 4 N–H and O–H groups in total. The Hall–Kier alpha value is -3.32. The Morgan fingerprint density at radius 1 is 1.12 bits per heavy atom. The monoisotopic (exact) mass is 575 g/mol. The number of carbonyl (C=O) groups is 1. The van der Waals surface area contributed by atoms with Crippen molar-refractivity contribution in [1.82, 2.24) is 14.6 Å². The summed E-state index contributed by atoms with van der Waals surface area (Å²) in [6, 6.07) is 8.09. The van der Waals surface area contributed by atoms with Crippen molar-refractivity contribution >= 4 is 21.6 Å². The van der Waals surface area contributed by atoms with E-state index in [0.717, 1.165) is 12.5 Å². The van der Waals surface area contributed by atoms with Gasteiger partial charge in [0.1, 0.15) is 17.5 Å². The number of hydrogen-bond acceptors (Lipinski definition) is 6. The van der Waals surface area contributed by atoms with E-state index in [1.807, 2.05) is 0 Å². The summed E-state index contributed by atoms with van der Waals surface area (Å²) in [7, 11) is -3.45. The van der Waals surface area contributed by atoms with Crippen LogP contribution in [-0.4, -0.2) is 61.6 Å². The van der Waals surface area contributed by atoms with Crippen LogP contribution in [0.2, 0.25) is 0 Å². The Kier molecular flexibility index (Phi) is 9.24. The highest BCUT2D eigenvalue weighted by atomic mass is 32.2. The molecule has 1 aromatic heterocycles. The van der Waals surface area contributed by atoms with Crippen LogP contribution in [0, 0.1) is 24.4 Å². The van der Waals surface area contributed by atoms with Crippen LogP contribution in [0.15, 0.2) is 54.9 Å². The molecule has 3 aromatic rings. The molecule has 12 heteroatoms. The molecule has 1 saturated heterocycles. The number of nitrogens with two attached hydrogens (primary N) is 1. The summed E-state index contributed by atoms with van der Waals surface area (Å²) in [6.45, 7) is 2.95. The first kappa shape index (κ1) is 29.7. The summed E-state index contributed by atoms with van der Waals surface area (Å²) in [5.74, 6) is -3.16. The minimum atomic E-state index is -3.45. The van der Waals surface area contributed by atoms with Gasteiger partial charge < -0.3 is 16.4 Å². The summed E-state index contributed by atoms with van der Waals surface area (Å²) in [5.41, 5.74) is 8.24. The Morgan fingerprint density at radius 3 is 2.52 bits per heavy atom. The normalized spacial score (nSPS) is 17.8. The molecule has 1 fully saturated rings. The molecule has 1 amide bonds. The highest BCUT2D eigenvalue weighted by Crippen LogP contribution is 2.30. The van der Waals surface area contributed by atoms with Gasteiger partial charge in [-0.15, -0.1) is 0 Å². The Morgan fingerprint density at radius 2 is 1.85 bits per heavy atom. The molecule has 0 aliphatic carbocycles. The number of pyridine rings is 1. The summed E-state index contributed by atoms with van der Waals surface area (Å²) >= 11 is 0. The van der Waals surface area contributed by atoms with E-state index in [4.69, 9.17) is 5.73 Å². The first-order chi connectivity index (χ1) is 18.9. The van der Waals surface area contributed by atoms with Gasteiger partial charge in [0.15, 0.2) is 0 Å². The van der Waals surface area contributed by atoms with Crippen LogP contribution < -0.4 is 16.4 Å². The highest BCUT2D eigenvalue weighted by molar-refractivity contribution is 7.88. The highest BCUT2D eigenvalue weighted by Gasteiger charge is 2.31. The summed E-state index contributed by atoms with van der Waals surface area (Å²) in [6.07, 6.45) is 3.90. The van der Waals surface area contributed by atoms with Crippen molar-refractivity contribution in [2.24, 2.45) is 5.73 Å². The fourth-order valence-corrected chi connectivity index (χ4v) is 6.29. The number of nitrogens with one attached hydrogen (secondary N) is 2. The molecule has 2 aromatic carbocycles. The molecule has 1 aliphatic heterocycles. The lowest BCUT2D eigenvalue weighted by molar-refractivity contribution is -0.117. The molecule has 4 rings (SSSR count). The molecule has 0 bridgehead atoms. The molecule has 1 aliphatic rings. The van der Waals surface area contributed by atoms with Crippen molar-refractivity contribution < 1.29 is 26.4 Å². The second-order valence-electron chi connectivity index (χ2n) is 10.0. The van der Waals surface area contributed by atoms with Crippen molar-refractivity contribution in [3.05, 3.63) is 94.6 Å². The second kappa shape index (κ2) is 12.5. The van der Waals surface area contributed by atoms with Gasteiger partial charge in [0.2, 0.25) is 15.9 Å². The van der Waals surface area contributed by atoms with Gasteiger partial charge in [0.25, 0.3) is 0 Å². The maximum absolute atomic E-state index is 14.9. The van der Waals surface area contributed by atoms with Gasteiger partial charge >= 0.3 is 0 Å². The molecule has 0 radical (unpaired) electrons. The maximum Gasteiger partial charge on any atom is 0.242 e. The van der Waals surface area contributed by atoms with Crippen LogP contribution in [-0.2, 0) is 21.2 Å². The number of carbonyl (C=O) groups excluding carboxylic acids is 1. The number of aryl methyl sites for hydroxylation is 1. The third-order valence-corrected chi connectivity index (χ3v) is 8.36. The van der Waals surface area contributed by atoms with Crippen LogP contribution in [0.1, 0.15) is 34.6 Å². The fraction of sp³-hybridized carbons (Fsp3) is 0.357. The second-order valence-corrected chi connectivity index (χ2v) is 12.0. The maximum atomic E-state index is 14.9. The van der Waals surface area contributed by atoms with E-state index in [9.17, 15) is 26.4 Å². The molecule has 214 valence electrons. The number of rotatable bonds is 9. The van der Waals surface area contributed by atoms with E-state index in [1.54, 1.807) is 13.0 Å². The van der Waals surface area contributed by atoms with E-state index >= 15 is 0 Å². The zero-order valence-corrected chi connectivity index (χ0v) is 23.0. The quantitative estimate of drug-likeness (QED) is 0.361. The molecular formula is C28H32F3N5O3S. The molecule has 3 atom stereocenters. The predicted molar refractivity (Wildman–Crippen MR) is 147 cm³/mol. The van der Waals surface area contributed by atoms with Gasteiger partial charge in [0.05, 0.1) is 30.4 Å². The molecule has 0 spiro atoms. The zero-order chi connectivity index (χ0) is 29.0. The van der Waals surface area contributed by atoms with Gasteiger partial charge in [-0.2, -0.15) is 4.31 Å². The molecule has 8 nitrogen and oxygen atoms in total. The first-order valence-electron chi connectivity index (χ1n) is 12.8. The van der Waals surface area contributed by atoms with Crippen molar-refractivity contribution in [1.29, 1.82) is 0 Å². The van der Waals surface area contributed by atoms with E-state index in [1.165, 1.54) is 46.9 Å². The number of piperazine rings is 1. The van der Waals surface area contributed by atoms with Gasteiger partial charge in [-0.25, -0.2) is 21.6 Å². The topological polar surface area (TPSA) is 117 Å². The Balaban J connectivity index is 1.59. The third kappa shape index (κ3) is 7.05. The average Bonchev–Trinajstić information content (AvgIpc) is 2.88. The van der Waals surface area contributed by atoms with Crippen LogP contribution in [0.4, 0.5) is 18.9 Å². The zero-order valence-electron chi connectivity index (χ0n) is 22.2. The molecule has 40 heavy (non-hydrogen) atoms. The first-order valence-corrected chi connectivity index (χ1v) is 14.7. The van der Waals surface area contributed by atoms with Crippen LogP contribution in [0.5, 0.6) is 0 Å². The minimum absolute atomic E-state index is 0.100. The number of sulfonamides is 1. The summed E-state index contributed by atoms with van der Waals surface area (Å²) < 4.78 is 68.7. The van der Waals surface area contributed by atoms with Gasteiger partial charge in [-0.05, 0) is 60.7 Å². The smallest absolute Gasteiger partial charge is 0.242 e. The SMILES string of the molecule is Cc1cc(F)cc([C@H](c2ccc(F)cc2)[C@H](N)C(=O)Nc2cncc(F)c2CC[C@@H]2CNCCN2S(C)(=O)=O)c1. The van der Waals surface area contributed by atoms with Crippen LogP contribution in [0.3, 0.4) is 0 Å². The predicted octanol–water partition coefficient (Wildman–Crippen LogP) is 3.07. The summed E-state index contributed by atoms with van der Waals surface area (Å²) in [5, 5.41) is 5.82. The van der Waals surface area contributed by atoms with Crippen molar-refractivity contribution in [2.45, 2.75) is 37.8 Å². The van der Waals surface area contributed by atoms with Crippen LogP contribution >= 0.6 is 0 Å². The third-order valence-electron chi connectivity index (χ3n) is 7.03. The number of hydrogen-bond donors (Lipinski definition) is 3. The van der Waals surface area contributed by atoms with E-state index in [2.05, 4.69) is 15.6 Å². The van der Waals surface area contributed by atoms with E-state index in [-0.39, 0.29) is 23.7 Å². The number of amides is 1. The molecule has 0 unspecified atom stereocenters. The number of anilines is 1. The molecule has 2 heterocycles. The number of aromatic nitrogens is 1. The van der Waals surface area contributed by atoms with Crippen LogP contribution in [0.25, 0.3) is 0 Å². The van der Waals surface area contributed by atoms with Crippen molar-refractivity contribution in [3.63, 3.8) is 0 Å². The largest absolute Gasteiger partial charge is 0.323 e. The average molecular weight is 576 g/mol. The van der Waals surface area contributed by atoms with Crippen molar-refractivity contribution in [2.75, 3.05) is 31.2 Å². The number of benzene rings is 2. The van der Waals surface area contributed by atoms with E-state index < -0.39 is 45.3 Å². The van der Waals surface area contributed by atoms with Crippen molar-refractivity contribution in [3.8, 4) is 0 Å². The lowest BCUT2D eigenvalue weighted by Crippen LogP contribution is -2.53. The Labute approximate surface area is 231 Å². The van der Waals surface area contributed by atoms with E-state index in [0.29, 0.717) is 42.7 Å². The van der Waals surface area contributed by atoms with Gasteiger partial charge in [-0.3, -0.25) is 9.78 Å². The lowest BCUT2D eigenvalue weighted by atomic mass is 9.84. The molecule has 0 saturated carbocycles. The minimum Gasteiger partial charge on any atom is -0.323 e. The number of halogens is 3. The Bertz CT molecular complexity index is 1450. The standard InChI is InChI=1S/C28H32F3N5O3S/c1-17-11-19(13-21(30)12-17)26(18-3-5-20(29)6-4-18)27(32)28(37)35-25-16-34-15-24(31)23(25)8-7-22-14-33-9-10-36(22)40(2,38)39/h3-6,11-13,15-16,22,26-27,33H,7-10,14,32H2,1-2H3,(H,35,37)/t22-,26+,27+/m1/s1. The summed E-state index contributed by atoms with van der Waals surface area (Å²) in [4.78, 5) is 17.3. The number of nitrogens with zero attached hydrogens (tertiary/aromatic N) is 2. The fourth-order valence-electron chi connectivity index (χ4n) is 5.15. The van der Waals surface area contributed by atoms with Gasteiger partial charge in [-0.1, -0.05) is 18.2 Å².